The molecule has 1 unspecified atom stereocenters. The maximum absolute atomic E-state index is 12.7. The fourth-order valence-electron chi connectivity index (χ4n) is 1.78. The lowest BCUT2D eigenvalue weighted by Gasteiger charge is -2.09. The summed E-state index contributed by atoms with van der Waals surface area (Å²) in [6, 6.07) is 6.16. The zero-order chi connectivity index (χ0) is 13.0. The molecule has 1 aromatic carbocycles. The van der Waals surface area contributed by atoms with Crippen molar-refractivity contribution in [3.05, 3.63) is 35.6 Å². The SMILES string of the molecule is O=C(O)CCC1CN=C(Cc2ccc(F)cc2)O1. The third-order valence-corrected chi connectivity index (χ3v) is 2.72. The number of aliphatic carboxylic acids is 1. The van der Waals surface area contributed by atoms with E-state index in [9.17, 15) is 9.18 Å². The van der Waals surface area contributed by atoms with Crippen molar-refractivity contribution in [3.63, 3.8) is 0 Å². The van der Waals surface area contributed by atoms with Gasteiger partial charge >= 0.3 is 5.97 Å². The number of halogens is 1. The van der Waals surface area contributed by atoms with Crippen molar-refractivity contribution in [2.24, 2.45) is 4.99 Å². The summed E-state index contributed by atoms with van der Waals surface area (Å²) in [6.45, 7) is 0.504. The van der Waals surface area contributed by atoms with Gasteiger partial charge in [-0.05, 0) is 24.1 Å². The highest BCUT2D eigenvalue weighted by Crippen LogP contribution is 2.14. The molecule has 0 aliphatic carbocycles. The van der Waals surface area contributed by atoms with Crippen LogP contribution in [0.5, 0.6) is 0 Å². The standard InChI is InChI=1S/C13H14FNO3/c14-10-3-1-9(2-4-10)7-12-15-8-11(18-12)5-6-13(16)17/h1-4,11H,5-8H2,(H,16,17). The number of aliphatic imine (C=N–C) groups is 1. The van der Waals surface area contributed by atoms with E-state index in [-0.39, 0.29) is 18.3 Å². The molecule has 1 aliphatic rings. The van der Waals surface area contributed by atoms with Crippen LogP contribution in [0.4, 0.5) is 4.39 Å². The molecule has 5 heteroatoms. The van der Waals surface area contributed by atoms with Crippen LogP contribution in [0.15, 0.2) is 29.3 Å². The number of rotatable bonds is 5. The van der Waals surface area contributed by atoms with Crippen LogP contribution in [0.2, 0.25) is 0 Å². The molecule has 4 nitrogen and oxygen atoms in total. The number of carbonyl (C=O) groups is 1. The quantitative estimate of drug-likeness (QED) is 0.871. The highest BCUT2D eigenvalue weighted by molar-refractivity contribution is 5.80. The Balaban J connectivity index is 1.82. The van der Waals surface area contributed by atoms with Gasteiger partial charge in [-0.25, -0.2) is 4.39 Å². The van der Waals surface area contributed by atoms with Gasteiger partial charge in [-0.1, -0.05) is 12.1 Å². The van der Waals surface area contributed by atoms with Crippen molar-refractivity contribution in [2.75, 3.05) is 6.54 Å². The van der Waals surface area contributed by atoms with Gasteiger partial charge in [-0.3, -0.25) is 9.79 Å². The number of ether oxygens (including phenoxy) is 1. The molecule has 1 atom stereocenters. The van der Waals surface area contributed by atoms with Crippen molar-refractivity contribution >= 4 is 11.9 Å². The highest BCUT2D eigenvalue weighted by atomic mass is 19.1. The lowest BCUT2D eigenvalue weighted by Crippen LogP contribution is -2.15. The Morgan fingerprint density at radius 2 is 2.17 bits per heavy atom. The van der Waals surface area contributed by atoms with Crippen molar-refractivity contribution in [3.8, 4) is 0 Å². The third kappa shape index (κ3) is 3.55. The summed E-state index contributed by atoms with van der Waals surface area (Å²) in [7, 11) is 0. The summed E-state index contributed by atoms with van der Waals surface area (Å²) in [5.41, 5.74) is 0.925. The Morgan fingerprint density at radius 1 is 1.44 bits per heavy atom. The van der Waals surface area contributed by atoms with Gasteiger partial charge in [0.15, 0.2) is 5.90 Å². The molecule has 1 heterocycles. The second-order valence-corrected chi connectivity index (χ2v) is 4.21. The first-order chi connectivity index (χ1) is 8.63. The van der Waals surface area contributed by atoms with E-state index < -0.39 is 5.97 Å². The molecule has 0 aromatic heterocycles. The Bertz CT molecular complexity index is 456. The zero-order valence-corrected chi connectivity index (χ0v) is 9.80. The van der Waals surface area contributed by atoms with Gasteiger partial charge in [-0.2, -0.15) is 0 Å². The van der Waals surface area contributed by atoms with Gasteiger partial charge in [0, 0.05) is 12.8 Å². The van der Waals surface area contributed by atoms with E-state index in [0.29, 0.717) is 25.3 Å². The summed E-state index contributed by atoms with van der Waals surface area (Å²) in [5.74, 6) is -0.505. The number of carboxylic acids is 1. The second kappa shape index (κ2) is 5.62. The molecule has 0 saturated carbocycles. The normalized spacial score (nSPS) is 18.3. The van der Waals surface area contributed by atoms with Crippen LogP contribution in [0.25, 0.3) is 0 Å². The summed E-state index contributed by atoms with van der Waals surface area (Å²) < 4.78 is 18.3. The van der Waals surface area contributed by atoms with Gasteiger partial charge in [0.05, 0.1) is 6.54 Å². The summed E-state index contributed by atoms with van der Waals surface area (Å²) >= 11 is 0. The first-order valence-electron chi connectivity index (χ1n) is 5.79. The molecule has 0 fully saturated rings. The summed E-state index contributed by atoms with van der Waals surface area (Å²) in [5, 5.41) is 8.57. The molecule has 0 bridgehead atoms. The molecule has 0 radical (unpaired) electrons. The minimum absolute atomic E-state index is 0.0873. The number of carboxylic acid groups (broad SMARTS) is 1. The van der Waals surface area contributed by atoms with E-state index in [2.05, 4.69) is 4.99 Å². The summed E-state index contributed by atoms with van der Waals surface area (Å²) in [4.78, 5) is 14.7. The highest BCUT2D eigenvalue weighted by Gasteiger charge is 2.20. The Labute approximate surface area is 104 Å². The van der Waals surface area contributed by atoms with Crippen molar-refractivity contribution in [2.45, 2.75) is 25.4 Å². The van der Waals surface area contributed by atoms with E-state index in [4.69, 9.17) is 9.84 Å². The molecule has 0 saturated heterocycles. The Kier molecular flexibility index (Phi) is 3.92. The Morgan fingerprint density at radius 3 is 2.83 bits per heavy atom. The van der Waals surface area contributed by atoms with E-state index in [1.165, 1.54) is 12.1 Å². The van der Waals surface area contributed by atoms with Crippen molar-refractivity contribution in [1.29, 1.82) is 0 Å². The first kappa shape index (κ1) is 12.5. The van der Waals surface area contributed by atoms with E-state index in [1.54, 1.807) is 12.1 Å². The minimum atomic E-state index is -0.828. The van der Waals surface area contributed by atoms with Crippen LogP contribution in [-0.2, 0) is 16.0 Å². The monoisotopic (exact) mass is 251 g/mol. The maximum atomic E-state index is 12.7. The van der Waals surface area contributed by atoms with Gasteiger partial charge < -0.3 is 9.84 Å². The molecule has 18 heavy (non-hydrogen) atoms. The molecule has 1 aliphatic heterocycles. The molecule has 0 amide bonds. The van der Waals surface area contributed by atoms with Crippen LogP contribution in [0.1, 0.15) is 18.4 Å². The number of hydrogen-bond donors (Lipinski definition) is 1. The largest absolute Gasteiger partial charge is 0.481 e. The van der Waals surface area contributed by atoms with Crippen LogP contribution >= 0.6 is 0 Å². The fraction of sp³-hybridized carbons (Fsp3) is 0.385. The van der Waals surface area contributed by atoms with E-state index in [0.717, 1.165) is 5.56 Å². The van der Waals surface area contributed by atoms with Gasteiger partial charge in [0.2, 0.25) is 0 Å². The van der Waals surface area contributed by atoms with E-state index >= 15 is 0 Å². The third-order valence-electron chi connectivity index (χ3n) is 2.72. The number of benzene rings is 1. The molecular weight excluding hydrogens is 237 g/mol. The van der Waals surface area contributed by atoms with Gasteiger partial charge in [-0.15, -0.1) is 0 Å². The van der Waals surface area contributed by atoms with E-state index in [1.807, 2.05) is 0 Å². The van der Waals surface area contributed by atoms with Gasteiger partial charge in [0.1, 0.15) is 11.9 Å². The predicted octanol–water partition coefficient (Wildman–Crippen LogP) is 2.03. The predicted molar refractivity (Wildman–Crippen MR) is 64.1 cm³/mol. The minimum Gasteiger partial charge on any atom is -0.481 e. The van der Waals surface area contributed by atoms with Crippen molar-refractivity contribution < 1.29 is 19.0 Å². The molecule has 0 spiro atoms. The average molecular weight is 251 g/mol. The smallest absolute Gasteiger partial charge is 0.303 e. The topological polar surface area (TPSA) is 58.9 Å². The first-order valence-corrected chi connectivity index (χ1v) is 5.79. The van der Waals surface area contributed by atoms with Gasteiger partial charge in [0.25, 0.3) is 0 Å². The molecule has 2 rings (SSSR count). The Hall–Kier alpha value is -1.91. The summed E-state index contributed by atoms with van der Waals surface area (Å²) in [6.07, 6.45) is 0.927. The fourth-order valence-corrected chi connectivity index (χ4v) is 1.78. The van der Waals surface area contributed by atoms with Crippen molar-refractivity contribution in [1.82, 2.24) is 0 Å². The van der Waals surface area contributed by atoms with Crippen LogP contribution < -0.4 is 0 Å². The maximum Gasteiger partial charge on any atom is 0.303 e. The second-order valence-electron chi connectivity index (χ2n) is 4.21. The number of hydrogen-bond acceptors (Lipinski definition) is 3. The molecule has 96 valence electrons. The molecule has 1 aromatic rings. The van der Waals surface area contributed by atoms with Crippen LogP contribution in [-0.4, -0.2) is 29.6 Å². The lowest BCUT2D eigenvalue weighted by molar-refractivity contribution is -0.137. The molecule has 1 N–H and O–H groups in total. The van der Waals surface area contributed by atoms with Crippen LogP contribution in [0, 0.1) is 5.82 Å². The average Bonchev–Trinajstić information content (AvgIpc) is 2.77. The zero-order valence-electron chi connectivity index (χ0n) is 9.80. The van der Waals surface area contributed by atoms with Crippen LogP contribution in [0.3, 0.4) is 0 Å². The number of nitrogens with zero attached hydrogens (tertiary/aromatic N) is 1. The molecular formula is C13H14FNO3. The lowest BCUT2D eigenvalue weighted by atomic mass is 10.1.